The molecule has 102 valence electrons. The van der Waals surface area contributed by atoms with Gasteiger partial charge in [-0.25, -0.2) is 4.79 Å². The van der Waals surface area contributed by atoms with Crippen molar-refractivity contribution in [3.63, 3.8) is 0 Å². The quantitative estimate of drug-likeness (QED) is 0.483. The van der Waals surface area contributed by atoms with Gasteiger partial charge >= 0.3 is 11.9 Å². The first-order valence-corrected chi connectivity index (χ1v) is 6.62. The van der Waals surface area contributed by atoms with Gasteiger partial charge in [-0.3, -0.25) is 4.79 Å². The van der Waals surface area contributed by atoms with Gasteiger partial charge in [0, 0.05) is 10.0 Å². The van der Waals surface area contributed by atoms with E-state index >= 15 is 0 Å². The molecule has 0 unspecified atom stereocenters. The van der Waals surface area contributed by atoms with E-state index in [-0.39, 0.29) is 34.2 Å². The maximum atomic E-state index is 11.5. The standard InChI is InChI=1S/C12H9BrCl2O4/c1-6(12(17)18)2-3-10(16)19-11-8(14)4-7(13)5-9(11)15/h4-5H,1-3H2,(H,17,18). The van der Waals surface area contributed by atoms with E-state index in [0.29, 0.717) is 4.47 Å². The molecule has 0 spiro atoms. The van der Waals surface area contributed by atoms with Crippen molar-refractivity contribution < 1.29 is 19.4 Å². The lowest BCUT2D eigenvalue weighted by atomic mass is 10.2. The van der Waals surface area contributed by atoms with Gasteiger partial charge in [-0.15, -0.1) is 0 Å². The molecule has 0 atom stereocenters. The van der Waals surface area contributed by atoms with Crippen molar-refractivity contribution in [2.24, 2.45) is 0 Å². The van der Waals surface area contributed by atoms with Crippen molar-refractivity contribution >= 4 is 51.1 Å². The van der Waals surface area contributed by atoms with Gasteiger partial charge in [0.25, 0.3) is 0 Å². The summed E-state index contributed by atoms with van der Waals surface area (Å²) in [6.07, 6.45) is -0.117. The zero-order valence-electron chi connectivity index (χ0n) is 9.58. The Labute approximate surface area is 128 Å². The molecule has 0 saturated carbocycles. The maximum absolute atomic E-state index is 11.5. The monoisotopic (exact) mass is 366 g/mol. The predicted octanol–water partition coefficient (Wildman–Crippen LogP) is 4.08. The summed E-state index contributed by atoms with van der Waals surface area (Å²) in [7, 11) is 0. The van der Waals surface area contributed by atoms with Crippen LogP contribution in [-0.2, 0) is 9.59 Å². The van der Waals surface area contributed by atoms with Gasteiger partial charge in [0.1, 0.15) is 0 Å². The largest absolute Gasteiger partial charge is 0.478 e. The second-order valence-corrected chi connectivity index (χ2v) is 5.31. The Kier molecular flexibility index (Phi) is 5.85. The van der Waals surface area contributed by atoms with E-state index in [2.05, 4.69) is 22.5 Å². The van der Waals surface area contributed by atoms with E-state index < -0.39 is 11.9 Å². The number of hydrogen-bond acceptors (Lipinski definition) is 3. The fraction of sp³-hybridized carbons (Fsp3) is 0.167. The second kappa shape index (κ2) is 6.93. The van der Waals surface area contributed by atoms with Gasteiger partial charge in [0.15, 0.2) is 5.75 Å². The van der Waals surface area contributed by atoms with Crippen molar-refractivity contribution in [3.8, 4) is 5.75 Å². The molecule has 0 aliphatic heterocycles. The van der Waals surface area contributed by atoms with E-state index in [1.54, 1.807) is 0 Å². The molecular weight excluding hydrogens is 359 g/mol. The minimum Gasteiger partial charge on any atom is -0.478 e. The molecule has 1 aromatic carbocycles. The number of ether oxygens (including phenoxy) is 1. The van der Waals surface area contributed by atoms with Crippen LogP contribution in [0.2, 0.25) is 10.0 Å². The summed E-state index contributed by atoms with van der Waals surface area (Å²) in [6.45, 7) is 3.31. The first kappa shape index (κ1) is 16.0. The number of benzene rings is 1. The molecule has 0 aromatic heterocycles. The molecule has 4 nitrogen and oxygen atoms in total. The Morgan fingerprint density at radius 1 is 1.26 bits per heavy atom. The summed E-state index contributed by atoms with van der Waals surface area (Å²) in [5.74, 6) is -1.72. The van der Waals surface area contributed by atoms with E-state index in [1.165, 1.54) is 12.1 Å². The second-order valence-electron chi connectivity index (χ2n) is 3.58. The van der Waals surface area contributed by atoms with Crippen LogP contribution in [0.5, 0.6) is 5.75 Å². The van der Waals surface area contributed by atoms with Gasteiger partial charge in [0.05, 0.1) is 16.5 Å². The average Bonchev–Trinajstić information content (AvgIpc) is 2.30. The molecule has 0 aliphatic rings. The number of hydrogen-bond donors (Lipinski definition) is 1. The van der Waals surface area contributed by atoms with Crippen LogP contribution in [0.4, 0.5) is 0 Å². The van der Waals surface area contributed by atoms with Crippen molar-refractivity contribution in [2.45, 2.75) is 12.8 Å². The number of carboxylic acid groups (broad SMARTS) is 1. The van der Waals surface area contributed by atoms with Crippen LogP contribution in [0.15, 0.2) is 28.8 Å². The lowest BCUT2D eigenvalue weighted by Gasteiger charge is -2.08. The number of carbonyl (C=O) groups excluding carboxylic acids is 1. The van der Waals surface area contributed by atoms with Crippen LogP contribution in [0, 0.1) is 0 Å². The molecule has 1 rings (SSSR count). The maximum Gasteiger partial charge on any atom is 0.330 e. The van der Waals surface area contributed by atoms with E-state index in [4.69, 9.17) is 33.0 Å². The highest BCUT2D eigenvalue weighted by Gasteiger charge is 2.15. The number of aliphatic carboxylic acids is 1. The summed E-state index contributed by atoms with van der Waals surface area (Å²) in [5.41, 5.74) is -0.0649. The van der Waals surface area contributed by atoms with Crippen LogP contribution in [0.1, 0.15) is 12.8 Å². The Morgan fingerprint density at radius 3 is 2.26 bits per heavy atom. The fourth-order valence-electron chi connectivity index (χ4n) is 1.15. The summed E-state index contributed by atoms with van der Waals surface area (Å²) in [5, 5.41) is 8.97. The Balaban J connectivity index is 2.68. The van der Waals surface area contributed by atoms with E-state index in [0.717, 1.165) is 0 Å². The molecule has 0 heterocycles. The minimum atomic E-state index is -1.15. The SMILES string of the molecule is C=C(CCC(=O)Oc1c(Cl)cc(Br)cc1Cl)C(=O)O. The summed E-state index contributed by atoms with van der Waals surface area (Å²) >= 11 is 15.0. The zero-order valence-corrected chi connectivity index (χ0v) is 12.7. The first-order valence-electron chi connectivity index (χ1n) is 5.07. The summed E-state index contributed by atoms with van der Waals surface area (Å²) in [6, 6.07) is 3.07. The lowest BCUT2D eigenvalue weighted by molar-refractivity contribution is -0.134. The highest BCUT2D eigenvalue weighted by atomic mass is 79.9. The van der Waals surface area contributed by atoms with Crippen LogP contribution < -0.4 is 4.74 Å². The molecule has 7 heteroatoms. The Morgan fingerprint density at radius 2 is 1.79 bits per heavy atom. The third-order valence-corrected chi connectivity index (χ3v) is 3.13. The topological polar surface area (TPSA) is 63.6 Å². The van der Waals surface area contributed by atoms with Gasteiger partial charge < -0.3 is 9.84 Å². The van der Waals surface area contributed by atoms with Crippen LogP contribution in [0.25, 0.3) is 0 Å². The molecular formula is C12H9BrCl2O4. The van der Waals surface area contributed by atoms with Crippen molar-refractivity contribution in [1.29, 1.82) is 0 Å². The summed E-state index contributed by atoms with van der Waals surface area (Å²) < 4.78 is 5.66. The number of esters is 1. The number of halogens is 3. The van der Waals surface area contributed by atoms with Crippen molar-refractivity contribution in [3.05, 3.63) is 38.8 Å². The average molecular weight is 368 g/mol. The zero-order chi connectivity index (χ0) is 14.6. The van der Waals surface area contributed by atoms with Gasteiger partial charge in [-0.05, 0) is 18.6 Å². The molecule has 0 amide bonds. The van der Waals surface area contributed by atoms with Gasteiger partial charge in [-0.2, -0.15) is 0 Å². The number of rotatable bonds is 5. The number of carboxylic acids is 1. The van der Waals surface area contributed by atoms with Crippen molar-refractivity contribution in [1.82, 2.24) is 0 Å². The third-order valence-electron chi connectivity index (χ3n) is 2.11. The van der Waals surface area contributed by atoms with E-state index in [9.17, 15) is 9.59 Å². The molecule has 1 aromatic rings. The van der Waals surface area contributed by atoms with Crippen LogP contribution in [0.3, 0.4) is 0 Å². The molecule has 0 aliphatic carbocycles. The normalized spacial score (nSPS) is 10.1. The van der Waals surface area contributed by atoms with Crippen LogP contribution in [-0.4, -0.2) is 17.0 Å². The third kappa shape index (κ3) is 4.86. The lowest BCUT2D eigenvalue weighted by Crippen LogP contribution is -2.10. The molecule has 0 radical (unpaired) electrons. The highest BCUT2D eigenvalue weighted by molar-refractivity contribution is 9.10. The minimum absolute atomic E-state index is 0.0000667. The van der Waals surface area contributed by atoms with Crippen molar-refractivity contribution in [2.75, 3.05) is 0 Å². The van der Waals surface area contributed by atoms with Crippen LogP contribution >= 0.6 is 39.1 Å². The summed E-state index contributed by atoms with van der Waals surface area (Å²) in [4.78, 5) is 22.1. The van der Waals surface area contributed by atoms with Gasteiger partial charge in [-0.1, -0.05) is 45.7 Å². The molecule has 0 saturated heterocycles. The Hall–Kier alpha value is -1.04. The molecule has 1 N–H and O–H groups in total. The highest BCUT2D eigenvalue weighted by Crippen LogP contribution is 2.36. The Bertz CT molecular complexity index is 520. The fourth-order valence-corrected chi connectivity index (χ4v) is 2.44. The van der Waals surface area contributed by atoms with E-state index in [1.807, 2.05) is 0 Å². The van der Waals surface area contributed by atoms with Gasteiger partial charge in [0.2, 0.25) is 0 Å². The first-order chi connectivity index (χ1) is 8.81. The smallest absolute Gasteiger partial charge is 0.330 e. The molecule has 0 fully saturated rings. The molecule has 0 bridgehead atoms. The predicted molar refractivity (Wildman–Crippen MR) is 75.8 cm³/mol. The molecule has 19 heavy (non-hydrogen) atoms. The number of carbonyl (C=O) groups is 2.